The van der Waals surface area contributed by atoms with Crippen molar-refractivity contribution in [2.45, 2.75) is 86.5 Å². The molecule has 2 aromatic rings. The molecule has 1 aliphatic heterocycles. The molecule has 0 radical (unpaired) electrons. The summed E-state index contributed by atoms with van der Waals surface area (Å²) >= 11 is 0. The quantitative estimate of drug-likeness (QED) is 0.0144. The van der Waals surface area contributed by atoms with Crippen LogP contribution in [-0.2, 0) is 0 Å². The van der Waals surface area contributed by atoms with E-state index in [1.165, 1.54) is 32.2 Å². The van der Waals surface area contributed by atoms with Gasteiger partial charge in [0.25, 0.3) is 5.91 Å². The van der Waals surface area contributed by atoms with Crippen LogP contribution in [0.4, 0.5) is 17.1 Å². The van der Waals surface area contributed by atoms with Crippen LogP contribution in [0.15, 0.2) is 94.6 Å². The molecule has 0 bridgehead atoms. The van der Waals surface area contributed by atoms with Gasteiger partial charge in [0.15, 0.2) is 0 Å². The fraction of sp³-hybridized carbons (Fsp3) is 0.500. The molecule has 2 amide bonds. The number of benzene rings is 2. The highest BCUT2D eigenvalue weighted by molar-refractivity contribution is 6.10. The zero-order chi connectivity index (χ0) is 46.7. The first-order chi connectivity index (χ1) is 30.9. The lowest BCUT2D eigenvalue weighted by atomic mass is 9.94. The Labute approximate surface area is 383 Å². The molecule has 14 heteroatoms. The van der Waals surface area contributed by atoms with Crippen LogP contribution in [0.5, 0.6) is 5.75 Å². The summed E-state index contributed by atoms with van der Waals surface area (Å²) in [6.45, 7) is 23.1. The number of hydrazone groups is 2. The van der Waals surface area contributed by atoms with Crippen LogP contribution in [0, 0.1) is 12.8 Å². The van der Waals surface area contributed by atoms with Crippen LogP contribution in [0.2, 0.25) is 0 Å². The fourth-order valence-corrected chi connectivity index (χ4v) is 7.60. The molecule has 3 rings (SSSR count). The summed E-state index contributed by atoms with van der Waals surface area (Å²) in [5.74, 6) is 1.32. The molecule has 350 valence electrons. The molecule has 1 saturated heterocycles. The number of aryl methyl sites for hydroxylation is 1. The summed E-state index contributed by atoms with van der Waals surface area (Å²) in [5, 5.41) is 11.9. The van der Waals surface area contributed by atoms with Crippen molar-refractivity contribution in [1.29, 1.82) is 0 Å². The van der Waals surface area contributed by atoms with Crippen molar-refractivity contribution in [3.05, 3.63) is 96.1 Å². The number of nitrogens with one attached hydrogen (secondary N) is 3. The van der Waals surface area contributed by atoms with E-state index in [0.717, 1.165) is 67.5 Å². The number of carbonyl (C=O) groups excluding carboxylic acids is 2. The standard InChI is InChI=1S/C50H77N11O3/c1-9-13-16-33-64-46-36-43(49(52)62)35-44(51)48(46)60(31-17-21-39(6)57-55-11-3)30-14-15-32-61(47(53-8)26-23-40(7)58-56-12-4)45-25-24-42(34-38(45)5)50(63)54-27-19-29-59-28-18-22-41(37-59)20-10-2/h9,14-15,17,21,23-26,34-36,41,55-56H,1,10-13,16,18-20,22,27-33,37,51H2,2-8H3,(H2,52,62)(H,54,63)/b15-14+,21-17+,26-23+,53-47?,57-39-,58-40-. The van der Waals surface area contributed by atoms with Gasteiger partial charge in [-0.15, -0.1) is 6.58 Å². The van der Waals surface area contributed by atoms with Crippen molar-refractivity contribution in [2.75, 3.05) is 88.1 Å². The van der Waals surface area contributed by atoms with Crippen molar-refractivity contribution in [1.82, 2.24) is 21.1 Å². The highest BCUT2D eigenvalue weighted by atomic mass is 16.5. The number of nitrogens with zero attached hydrogens (tertiary/aromatic N) is 6. The van der Waals surface area contributed by atoms with Gasteiger partial charge < -0.3 is 47.1 Å². The number of amidine groups is 1. The number of carbonyl (C=O) groups is 2. The predicted octanol–water partition coefficient (Wildman–Crippen LogP) is 7.63. The number of anilines is 3. The second-order valence-corrected chi connectivity index (χ2v) is 16.1. The Balaban J connectivity index is 1.92. The van der Waals surface area contributed by atoms with Crippen molar-refractivity contribution in [3.63, 3.8) is 0 Å². The highest BCUT2D eigenvalue weighted by Crippen LogP contribution is 2.36. The fourth-order valence-electron chi connectivity index (χ4n) is 7.60. The van der Waals surface area contributed by atoms with E-state index in [4.69, 9.17) is 21.2 Å². The minimum Gasteiger partial charge on any atom is -0.491 e. The van der Waals surface area contributed by atoms with E-state index in [1.54, 1.807) is 19.2 Å². The van der Waals surface area contributed by atoms with Crippen LogP contribution in [0.3, 0.4) is 0 Å². The number of ether oxygens (including phenoxy) is 1. The summed E-state index contributed by atoms with van der Waals surface area (Å²) in [6.07, 6.45) is 21.4. The Morgan fingerprint density at radius 1 is 0.953 bits per heavy atom. The summed E-state index contributed by atoms with van der Waals surface area (Å²) in [5.41, 5.74) is 23.8. The van der Waals surface area contributed by atoms with Gasteiger partial charge in [0.2, 0.25) is 5.91 Å². The second-order valence-electron chi connectivity index (χ2n) is 16.1. The molecule has 1 heterocycles. The number of aliphatic imine (C=N–C) groups is 1. The van der Waals surface area contributed by atoms with Crippen molar-refractivity contribution < 1.29 is 14.3 Å². The van der Waals surface area contributed by atoms with Gasteiger partial charge in [-0.2, -0.15) is 10.2 Å². The van der Waals surface area contributed by atoms with Gasteiger partial charge >= 0.3 is 0 Å². The molecular weight excluding hydrogens is 803 g/mol. The third-order valence-corrected chi connectivity index (χ3v) is 10.8. The third kappa shape index (κ3) is 18.1. The molecule has 0 aromatic heterocycles. The molecule has 2 aromatic carbocycles. The van der Waals surface area contributed by atoms with E-state index < -0.39 is 5.91 Å². The minimum absolute atomic E-state index is 0.0763. The number of likely N-dealkylation sites (tertiary alicyclic amines) is 1. The number of primary amides is 1. The van der Waals surface area contributed by atoms with E-state index in [-0.39, 0.29) is 11.5 Å². The SMILES string of the molecule is C=CCCCOc1cc(C(N)=O)cc(N)c1N(C/C=C/CN(C(/C=C/C(C)=N\NCC)=NC)c1ccc(C(=O)NCCCN2CCCC(CCC)C2)cc1C)C/C=C/C(C)=N\NCC. The smallest absolute Gasteiger partial charge is 0.251 e. The normalized spacial score (nSPS) is 15.2. The Morgan fingerprint density at radius 2 is 1.67 bits per heavy atom. The summed E-state index contributed by atoms with van der Waals surface area (Å²) in [6, 6.07) is 9.07. The molecule has 1 atom stereocenters. The number of hydrogen-bond acceptors (Lipinski definition) is 11. The Morgan fingerprint density at radius 3 is 2.34 bits per heavy atom. The topological polar surface area (TPSA) is 178 Å². The van der Waals surface area contributed by atoms with Crippen LogP contribution < -0.4 is 42.2 Å². The lowest BCUT2D eigenvalue weighted by Gasteiger charge is -2.32. The molecule has 1 aliphatic rings. The zero-order valence-corrected chi connectivity index (χ0v) is 39.8. The van der Waals surface area contributed by atoms with Gasteiger partial charge in [0, 0.05) is 69.7 Å². The number of nitrogen functional groups attached to an aromatic ring is 1. The minimum atomic E-state index is -0.589. The molecule has 1 fully saturated rings. The summed E-state index contributed by atoms with van der Waals surface area (Å²) in [4.78, 5) is 37.1. The van der Waals surface area contributed by atoms with Gasteiger partial charge in [0.1, 0.15) is 17.3 Å². The average Bonchev–Trinajstić information content (AvgIpc) is 3.28. The van der Waals surface area contributed by atoms with E-state index in [9.17, 15) is 9.59 Å². The number of rotatable bonds is 28. The molecule has 0 spiro atoms. The van der Waals surface area contributed by atoms with Crippen LogP contribution >= 0.6 is 0 Å². The Hall–Kier alpha value is -5.89. The van der Waals surface area contributed by atoms with E-state index in [2.05, 4.69) is 66.7 Å². The summed E-state index contributed by atoms with van der Waals surface area (Å²) < 4.78 is 6.26. The predicted molar refractivity (Wildman–Crippen MR) is 270 cm³/mol. The second kappa shape index (κ2) is 29.5. The van der Waals surface area contributed by atoms with Crippen LogP contribution in [0.1, 0.15) is 106 Å². The van der Waals surface area contributed by atoms with Crippen molar-refractivity contribution in [3.8, 4) is 5.75 Å². The maximum absolute atomic E-state index is 13.4. The third-order valence-electron chi connectivity index (χ3n) is 10.8. The number of allylic oxidation sites excluding steroid dienone is 3. The van der Waals surface area contributed by atoms with Crippen LogP contribution in [-0.4, -0.2) is 107 Å². The lowest BCUT2D eigenvalue weighted by Crippen LogP contribution is -2.37. The van der Waals surface area contributed by atoms with Gasteiger partial charge in [-0.25, -0.2) is 0 Å². The molecule has 64 heavy (non-hydrogen) atoms. The molecular formula is C50H77N11O3. The average molecular weight is 880 g/mol. The number of piperidine rings is 1. The zero-order valence-electron chi connectivity index (χ0n) is 39.8. The van der Waals surface area contributed by atoms with E-state index >= 15 is 0 Å². The lowest BCUT2D eigenvalue weighted by molar-refractivity contribution is 0.0948. The van der Waals surface area contributed by atoms with Gasteiger partial charge in [-0.1, -0.05) is 37.6 Å². The van der Waals surface area contributed by atoms with Crippen molar-refractivity contribution >= 4 is 46.1 Å². The molecule has 7 N–H and O–H groups in total. The van der Waals surface area contributed by atoms with E-state index in [1.807, 2.05) is 83.2 Å². The molecule has 0 saturated carbocycles. The number of unbranched alkanes of at least 4 members (excludes halogenated alkanes) is 1. The maximum atomic E-state index is 13.4. The number of amides is 2. The van der Waals surface area contributed by atoms with Crippen LogP contribution in [0.25, 0.3) is 0 Å². The first kappa shape index (κ1) is 52.5. The van der Waals surface area contributed by atoms with Gasteiger partial charge in [-0.3, -0.25) is 14.6 Å². The van der Waals surface area contributed by atoms with E-state index in [0.29, 0.717) is 67.9 Å². The Kier molecular flexibility index (Phi) is 24.2. The number of nitrogens with two attached hydrogens (primary N) is 2. The van der Waals surface area contributed by atoms with Gasteiger partial charge in [-0.05, 0) is 146 Å². The maximum Gasteiger partial charge on any atom is 0.251 e. The first-order valence-corrected chi connectivity index (χ1v) is 23.1. The van der Waals surface area contributed by atoms with Gasteiger partial charge in [0.05, 0.1) is 23.7 Å². The molecule has 14 nitrogen and oxygen atoms in total. The molecule has 0 aliphatic carbocycles. The first-order valence-electron chi connectivity index (χ1n) is 23.1. The largest absolute Gasteiger partial charge is 0.491 e. The monoisotopic (exact) mass is 880 g/mol. The molecule has 1 unspecified atom stereocenters. The Bertz CT molecular complexity index is 1970. The number of hydrogen-bond donors (Lipinski definition) is 5. The highest BCUT2D eigenvalue weighted by Gasteiger charge is 2.21. The van der Waals surface area contributed by atoms with Crippen molar-refractivity contribution in [2.24, 2.45) is 26.8 Å². The summed E-state index contributed by atoms with van der Waals surface area (Å²) in [7, 11) is 1.77.